The minimum Gasteiger partial charge on any atom is -0.493 e. The third-order valence-corrected chi connectivity index (χ3v) is 3.13. The number of hydrogen-bond acceptors (Lipinski definition) is 3. The highest BCUT2D eigenvalue weighted by Crippen LogP contribution is 2.32. The number of aromatic amines is 1. The van der Waals surface area contributed by atoms with Gasteiger partial charge in [0.1, 0.15) is 5.82 Å². The van der Waals surface area contributed by atoms with Gasteiger partial charge in [-0.2, -0.15) is 0 Å². The fourth-order valence-electron chi connectivity index (χ4n) is 2.18. The van der Waals surface area contributed by atoms with E-state index in [4.69, 9.17) is 9.47 Å². The third-order valence-electron chi connectivity index (χ3n) is 3.13. The van der Waals surface area contributed by atoms with Gasteiger partial charge in [0, 0.05) is 5.56 Å². The average molecular weight is 268 g/mol. The molecular formula is C16H16N2O2. The van der Waals surface area contributed by atoms with E-state index in [1.54, 1.807) is 7.11 Å². The first-order chi connectivity index (χ1) is 9.81. The van der Waals surface area contributed by atoms with Gasteiger partial charge in [-0.25, -0.2) is 4.98 Å². The number of methoxy groups -OCH3 is 1. The van der Waals surface area contributed by atoms with E-state index in [9.17, 15) is 0 Å². The molecule has 0 saturated carbocycles. The molecule has 1 heterocycles. The van der Waals surface area contributed by atoms with Crippen LogP contribution in [0.25, 0.3) is 22.4 Å². The number of para-hydroxylation sites is 2. The number of hydrogen-bond donors (Lipinski definition) is 1. The fraction of sp³-hybridized carbons (Fsp3) is 0.188. The third kappa shape index (κ3) is 2.20. The Morgan fingerprint density at radius 3 is 2.70 bits per heavy atom. The van der Waals surface area contributed by atoms with Crippen molar-refractivity contribution in [1.82, 2.24) is 9.97 Å². The van der Waals surface area contributed by atoms with Gasteiger partial charge in [-0.15, -0.1) is 0 Å². The molecular weight excluding hydrogens is 252 g/mol. The first kappa shape index (κ1) is 12.5. The van der Waals surface area contributed by atoms with Gasteiger partial charge in [0.15, 0.2) is 11.5 Å². The smallest absolute Gasteiger partial charge is 0.161 e. The summed E-state index contributed by atoms with van der Waals surface area (Å²) in [5.41, 5.74) is 2.96. The minimum absolute atomic E-state index is 0.597. The molecule has 2 aromatic carbocycles. The molecule has 20 heavy (non-hydrogen) atoms. The van der Waals surface area contributed by atoms with E-state index in [0.717, 1.165) is 33.9 Å². The van der Waals surface area contributed by atoms with Gasteiger partial charge in [-0.05, 0) is 37.3 Å². The lowest BCUT2D eigenvalue weighted by molar-refractivity contribution is 0.311. The highest BCUT2D eigenvalue weighted by molar-refractivity contribution is 5.79. The molecule has 102 valence electrons. The average Bonchev–Trinajstić information content (AvgIpc) is 2.91. The van der Waals surface area contributed by atoms with E-state index in [2.05, 4.69) is 9.97 Å². The molecule has 3 aromatic rings. The lowest BCUT2D eigenvalue weighted by Crippen LogP contribution is -1.95. The molecule has 0 unspecified atom stereocenters. The summed E-state index contributed by atoms with van der Waals surface area (Å²) in [6.07, 6.45) is 0. The molecule has 0 atom stereocenters. The van der Waals surface area contributed by atoms with Crippen molar-refractivity contribution in [2.24, 2.45) is 0 Å². The Bertz CT molecular complexity index is 701. The van der Waals surface area contributed by atoms with Crippen LogP contribution in [0.2, 0.25) is 0 Å². The van der Waals surface area contributed by atoms with E-state index < -0.39 is 0 Å². The van der Waals surface area contributed by atoms with Crippen molar-refractivity contribution in [3.05, 3.63) is 42.5 Å². The van der Waals surface area contributed by atoms with Crippen LogP contribution in [0.5, 0.6) is 11.5 Å². The highest BCUT2D eigenvalue weighted by atomic mass is 16.5. The Hall–Kier alpha value is -2.49. The summed E-state index contributed by atoms with van der Waals surface area (Å²) in [6.45, 7) is 2.55. The van der Waals surface area contributed by atoms with Gasteiger partial charge in [0.25, 0.3) is 0 Å². The van der Waals surface area contributed by atoms with Crippen LogP contribution in [-0.4, -0.2) is 23.7 Å². The number of nitrogens with one attached hydrogen (secondary N) is 1. The van der Waals surface area contributed by atoms with Gasteiger partial charge in [0.2, 0.25) is 0 Å². The zero-order valence-electron chi connectivity index (χ0n) is 11.5. The maximum absolute atomic E-state index is 5.60. The van der Waals surface area contributed by atoms with Crippen molar-refractivity contribution < 1.29 is 9.47 Å². The Labute approximate surface area is 117 Å². The number of fused-ring (bicyclic) bond motifs is 1. The van der Waals surface area contributed by atoms with Crippen LogP contribution in [-0.2, 0) is 0 Å². The second-order valence-corrected chi connectivity index (χ2v) is 4.40. The molecule has 0 saturated heterocycles. The van der Waals surface area contributed by atoms with Gasteiger partial charge < -0.3 is 14.5 Å². The Kier molecular flexibility index (Phi) is 3.29. The number of rotatable bonds is 4. The van der Waals surface area contributed by atoms with Crippen LogP contribution in [0.4, 0.5) is 0 Å². The Morgan fingerprint density at radius 1 is 1.10 bits per heavy atom. The summed E-state index contributed by atoms with van der Waals surface area (Å²) < 4.78 is 10.9. The number of ether oxygens (including phenoxy) is 2. The SMILES string of the molecule is CCOc1cc(-c2nc3ccccc3[nH]2)ccc1OC. The molecule has 3 rings (SSSR count). The summed E-state index contributed by atoms with van der Waals surface area (Å²) in [5.74, 6) is 2.29. The van der Waals surface area contributed by atoms with Crippen molar-refractivity contribution >= 4 is 11.0 Å². The first-order valence-corrected chi connectivity index (χ1v) is 6.57. The Balaban J connectivity index is 2.06. The predicted octanol–water partition coefficient (Wildman–Crippen LogP) is 3.64. The van der Waals surface area contributed by atoms with Crippen LogP contribution in [0.1, 0.15) is 6.92 Å². The van der Waals surface area contributed by atoms with Gasteiger partial charge >= 0.3 is 0 Å². The van der Waals surface area contributed by atoms with Crippen molar-refractivity contribution in [2.45, 2.75) is 6.92 Å². The number of nitrogens with zero attached hydrogens (tertiary/aromatic N) is 1. The lowest BCUT2D eigenvalue weighted by atomic mass is 10.2. The lowest BCUT2D eigenvalue weighted by Gasteiger charge is -2.10. The molecule has 0 amide bonds. The van der Waals surface area contributed by atoms with Crippen molar-refractivity contribution in [3.63, 3.8) is 0 Å². The van der Waals surface area contributed by atoms with Crippen LogP contribution >= 0.6 is 0 Å². The molecule has 4 heteroatoms. The zero-order valence-corrected chi connectivity index (χ0v) is 11.5. The summed E-state index contributed by atoms with van der Waals surface area (Å²) in [4.78, 5) is 7.90. The van der Waals surface area contributed by atoms with E-state index in [-0.39, 0.29) is 0 Å². The van der Waals surface area contributed by atoms with Gasteiger partial charge in [-0.3, -0.25) is 0 Å². The second-order valence-electron chi connectivity index (χ2n) is 4.40. The van der Waals surface area contributed by atoms with E-state index >= 15 is 0 Å². The maximum atomic E-state index is 5.60. The zero-order chi connectivity index (χ0) is 13.9. The van der Waals surface area contributed by atoms with E-state index in [0.29, 0.717) is 6.61 Å². The predicted molar refractivity (Wildman–Crippen MR) is 79.3 cm³/mol. The molecule has 0 spiro atoms. The number of H-pyrrole nitrogens is 1. The van der Waals surface area contributed by atoms with Crippen molar-refractivity contribution in [1.29, 1.82) is 0 Å². The number of aromatic nitrogens is 2. The first-order valence-electron chi connectivity index (χ1n) is 6.57. The fourth-order valence-corrected chi connectivity index (χ4v) is 2.18. The monoisotopic (exact) mass is 268 g/mol. The highest BCUT2D eigenvalue weighted by Gasteiger charge is 2.09. The van der Waals surface area contributed by atoms with Crippen LogP contribution < -0.4 is 9.47 Å². The number of benzene rings is 2. The molecule has 4 nitrogen and oxygen atoms in total. The molecule has 0 aliphatic heterocycles. The molecule has 0 bridgehead atoms. The molecule has 0 radical (unpaired) electrons. The molecule has 0 aliphatic carbocycles. The normalized spacial score (nSPS) is 10.7. The summed E-state index contributed by atoms with van der Waals surface area (Å²) >= 11 is 0. The van der Waals surface area contributed by atoms with Crippen LogP contribution in [0, 0.1) is 0 Å². The summed E-state index contributed by atoms with van der Waals surface area (Å²) in [6, 6.07) is 13.8. The molecule has 0 aliphatic rings. The van der Waals surface area contributed by atoms with E-state index in [1.807, 2.05) is 49.4 Å². The maximum Gasteiger partial charge on any atom is 0.161 e. The molecule has 0 fully saturated rings. The van der Waals surface area contributed by atoms with Gasteiger partial charge in [-0.1, -0.05) is 12.1 Å². The Morgan fingerprint density at radius 2 is 1.95 bits per heavy atom. The minimum atomic E-state index is 0.597. The summed E-state index contributed by atoms with van der Waals surface area (Å²) in [7, 11) is 1.64. The second kappa shape index (κ2) is 5.25. The van der Waals surface area contributed by atoms with Crippen molar-refractivity contribution in [3.8, 4) is 22.9 Å². The standard InChI is InChI=1S/C16H16N2O2/c1-3-20-15-10-11(8-9-14(15)19-2)16-17-12-6-4-5-7-13(12)18-16/h4-10H,3H2,1-2H3,(H,17,18). The van der Waals surface area contributed by atoms with E-state index in [1.165, 1.54) is 0 Å². The summed E-state index contributed by atoms with van der Waals surface area (Å²) in [5, 5.41) is 0. The largest absolute Gasteiger partial charge is 0.493 e. The van der Waals surface area contributed by atoms with Crippen LogP contribution in [0.3, 0.4) is 0 Å². The number of imidazole rings is 1. The quantitative estimate of drug-likeness (QED) is 0.785. The topological polar surface area (TPSA) is 47.1 Å². The molecule has 1 aromatic heterocycles. The van der Waals surface area contributed by atoms with Crippen LogP contribution in [0.15, 0.2) is 42.5 Å². The molecule has 1 N–H and O–H groups in total. The van der Waals surface area contributed by atoms with Gasteiger partial charge in [0.05, 0.1) is 24.8 Å². The van der Waals surface area contributed by atoms with Crippen molar-refractivity contribution in [2.75, 3.05) is 13.7 Å².